The maximum absolute atomic E-state index is 16.4. The fourth-order valence-corrected chi connectivity index (χ4v) is 6.72. The normalized spacial score (nSPS) is 18.4. The molecule has 0 radical (unpaired) electrons. The van der Waals surface area contributed by atoms with Crippen LogP contribution in [-0.4, -0.2) is 77.7 Å². The van der Waals surface area contributed by atoms with Gasteiger partial charge in [-0.15, -0.1) is 0 Å². The van der Waals surface area contributed by atoms with Gasteiger partial charge in [0.15, 0.2) is 11.5 Å². The Labute approximate surface area is 267 Å². The molecular formula is C35H39F2N7O2. The highest BCUT2D eigenvalue weighted by molar-refractivity contribution is 5.93. The molecule has 9 nitrogen and oxygen atoms in total. The lowest BCUT2D eigenvalue weighted by atomic mass is 9.99. The molecule has 2 aliphatic rings. The Morgan fingerprint density at radius 1 is 0.957 bits per heavy atom. The second-order valence-electron chi connectivity index (χ2n) is 12.6. The maximum Gasteiger partial charge on any atom is 0.355 e. The van der Waals surface area contributed by atoms with Gasteiger partial charge in [-0.2, -0.15) is 4.98 Å². The summed E-state index contributed by atoms with van der Waals surface area (Å²) in [7, 11) is 3.80. The first-order valence-corrected chi connectivity index (χ1v) is 15.6. The second-order valence-corrected chi connectivity index (χ2v) is 12.6. The van der Waals surface area contributed by atoms with Gasteiger partial charge in [0.1, 0.15) is 17.3 Å². The minimum Gasteiger partial charge on any atom is -0.372 e. The van der Waals surface area contributed by atoms with Crippen LogP contribution in [0.4, 0.5) is 26.0 Å². The zero-order valence-electron chi connectivity index (χ0n) is 27.1. The molecule has 1 saturated heterocycles. The Bertz CT molecular complexity index is 1920. The van der Waals surface area contributed by atoms with Crippen LogP contribution < -0.4 is 20.4 Å². The van der Waals surface area contributed by atoms with Gasteiger partial charge >= 0.3 is 5.69 Å². The van der Waals surface area contributed by atoms with Crippen LogP contribution in [0.15, 0.2) is 59.9 Å². The van der Waals surface area contributed by atoms with E-state index >= 15 is 8.78 Å². The van der Waals surface area contributed by atoms with Gasteiger partial charge in [0.25, 0.3) is 0 Å². The number of aromatic nitrogens is 3. The number of rotatable bonds is 3. The van der Waals surface area contributed by atoms with Crippen LogP contribution in [0.25, 0.3) is 28.0 Å². The summed E-state index contributed by atoms with van der Waals surface area (Å²) in [5.41, 5.74) is 2.23. The molecule has 0 spiro atoms. The van der Waals surface area contributed by atoms with Gasteiger partial charge in [-0.05, 0) is 55.7 Å². The van der Waals surface area contributed by atoms with Crippen molar-refractivity contribution in [3.8, 4) is 16.9 Å². The van der Waals surface area contributed by atoms with E-state index in [1.165, 1.54) is 22.8 Å². The maximum atomic E-state index is 16.4. The number of hydrogen-bond donors (Lipinski definition) is 0. The van der Waals surface area contributed by atoms with E-state index in [1.54, 1.807) is 17.0 Å². The van der Waals surface area contributed by atoms with Crippen molar-refractivity contribution >= 4 is 34.1 Å². The molecule has 2 aliphatic heterocycles. The van der Waals surface area contributed by atoms with E-state index in [4.69, 9.17) is 4.98 Å². The highest BCUT2D eigenvalue weighted by Crippen LogP contribution is 2.39. The summed E-state index contributed by atoms with van der Waals surface area (Å²) < 4.78 is 33.6. The predicted octanol–water partition coefficient (Wildman–Crippen LogP) is 5.35. The summed E-state index contributed by atoms with van der Waals surface area (Å²) in [5.74, 6) is -1.23. The van der Waals surface area contributed by atoms with Crippen molar-refractivity contribution in [2.75, 3.05) is 55.0 Å². The number of carbonyl (C=O) groups excluding carboxylic acids is 1. The molecule has 240 valence electrons. The lowest BCUT2D eigenvalue weighted by molar-refractivity contribution is -0.128. The van der Waals surface area contributed by atoms with Crippen molar-refractivity contribution in [1.29, 1.82) is 0 Å². The lowest BCUT2D eigenvalue weighted by Crippen LogP contribution is -2.58. The Morgan fingerprint density at radius 3 is 2.33 bits per heavy atom. The number of pyridine rings is 1. The number of likely N-dealkylation sites (N-methyl/N-ethyl adjacent to an activating group) is 2. The van der Waals surface area contributed by atoms with E-state index in [9.17, 15) is 9.59 Å². The predicted molar refractivity (Wildman–Crippen MR) is 179 cm³/mol. The largest absolute Gasteiger partial charge is 0.372 e. The topological polar surface area (TPSA) is 77.8 Å². The van der Waals surface area contributed by atoms with E-state index in [0.29, 0.717) is 42.9 Å². The highest BCUT2D eigenvalue weighted by atomic mass is 19.1. The third-order valence-corrected chi connectivity index (χ3v) is 9.23. The third kappa shape index (κ3) is 5.07. The molecule has 0 aliphatic carbocycles. The molecule has 0 unspecified atom stereocenters. The zero-order valence-corrected chi connectivity index (χ0v) is 27.1. The number of amides is 1. The first-order valence-electron chi connectivity index (χ1n) is 15.6. The van der Waals surface area contributed by atoms with Gasteiger partial charge in [0.2, 0.25) is 5.91 Å². The lowest BCUT2D eigenvalue weighted by Gasteiger charge is -2.44. The third-order valence-electron chi connectivity index (χ3n) is 9.23. The Kier molecular flexibility index (Phi) is 8.04. The highest BCUT2D eigenvalue weighted by Gasteiger charge is 2.34. The smallest absolute Gasteiger partial charge is 0.355 e. The van der Waals surface area contributed by atoms with Gasteiger partial charge in [-0.3, -0.25) is 4.79 Å². The number of halogens is 2. The minimum atomic E-state index is -0.729. The standard InChI is InChI=1S/C35H39F2N7O2/c1-8-29(45)42-18-22(5)43(19-21(42)4)33-24-17-26(37)31-30-25(36)12-10-13-27(30)40(6)15-16-41(7)28-14-9-11-23(20(2)3)32(28)44(34(24)38-31)35(46)39-33/h8-14,17,20-22H,1,15-16,18-19H2,2-7H3/t21-,22+/m1/s1. The van der Waals surface area contributed by atoms with Crippen LogP contribution in [0, 0.1) is 11.6 Å². The van der Waals surface area contributed by atoms with Gasteiger partial charge in [-0.25, -0.2) is 23.1 Å². The average molecular weight is 628 g/mol. The first kappa shape index (κ1) is 31.2. The molecule has 2 bridgehead atoms. The minimum absolute atomic E-state index is 0.0231. The van der Waals surface area contributed by atoms with Gasteiger partial charge in [0, 0.05) is 58.0 Å². The Morgan fingerprint density at radius 2 is 1.63 bits per heavy atom. The number of para-hydroxylation sites is 1. The van der Waals surface area contributed by atoms with Crippen LogP contribution in [0.1, 0.15) is 39.2 Å². The van der Waals surface area contributed by atoms with E-state index < -0.39 is 17.3 Å². The van der Waals surface area contributed by atoms with Crippen molar-refractivity contribution < 1.29 is 13.6 Å². The SMILES string of the molecule is C=CC(=O)N1C[C@H](C)N(c2nc(=O)n3c4nc(c(F)cc24)-c2c(F)cccc2N(C)CCN(C)c2cccc(C(C)C)c2-3)C[C@H]1C. The number of fused-ring (bicyclic) bond motifs is 5. The van der Waals surface area contributed by atoms with Crippen LogP contribution in [-0.2, 0) is 4.79 Å². The van der Waals surface area contributed by atoms with E-state index in [0.717, 1.165) is 11.3 Å². The molecule has 2 aromatic carbocycles. The zero-order chi connectivity index (χ0) is 33.0. The summed E-state index contributed by atoms with van der Waals surface area (Å²) in [5, 5.41) is 0.318. The Balaban J connectivity index is 1.72. The van der Waals surface area contributed by atoms with Crippen LogP contribution in [0.2, 0.25) is 0 Å². The van der Waals surface area contributed by atoms with Gasteiger partial charge < -0.3 is 19.6 Å². The van der Waals surface area contributed by atoms with Gasteiger partial charge in [-0.1, -0.05) is 38.6 Å². The molecule has 1 fully saturated rings. The quantitative estimate of drug-likeness (QED) is 0.284. The number of benzene rings is 2. The van der Waals surface area contributed by atoms with Gasteiger partial charge in [0.05, 0.1) is 22.3 Å². The Hall–Kier alpha value is -4.80. The molecular weight excluding hydrogens is 588 g/mol. The molecule has 2 atom stereocenters. The van der Waals surface area contributed by atoms with Crippen LogP contribution >= 0.6 is 0 Å². The first-order chi connectivity index (χ1) is 21.9. The number of nitrogens with zero attached hydrogens (tertiary/aromatic N) is 7. The molecule has 4 aromatic rings. The molecule has 4 heterocycles. The number of hydrogen-bond acceptors (Lipinski definition) is 7. The molecule has 0 saturated carbocycles. The summed E-state index contributed by atoms with van der Waals surface area (Å²) in [6.45, 7) is 13.3. The summed E-state index contributed by atoms with van der Waals surface area (Å²) in [6, 6.07) is 11.4. The molecule has 1 amide bonds. The molecule has 46 heavy (non-hydrogen) atoms. The molecule has 0 N–H and O–H groups in total. The monoisotopic (exact) mass is 627 g/mol. The van der Waals surface area contributed by atoms with Crippen molar-refractivity contribution in [2.24, 2.45) is 0 Å². The molecule has 6 rings (SSSR count). The summed E-state index contributed by atoms with van der Waals surface area (Å²) >= 11 is 0. The fraction of sp³-hybridized carbons (Fsp3) is 0.371. The van der Waals surface area contributed by atoms with Crippen molar-refractivity contribution in [2.45, 2.75) is 45.7 Å². The molecule has 11 heteroatoms. The van der Waals surface area contributed by atoms with Crippen molar-refractivity contribution in [3.05, 3.63) is 82.8 Å². The summed E-state index contributed by atoms with van der Waals surface area (Å²) in [6.07, 6.45) is 1.29. The van der Waals surface area contributed by atoms with Crippen molar-refractivity contribution in [1.82, 2.24) is 19.4 Å². The second kappa shape index (κ2) is 11.9. The van der Waals surface area contributed by atoms with Crippen LogP contribution in [0.3, 0.4) is 0 Å². The van der Waals surface area contributed by atoms with Crippen LogP contribution in [0.5, 0.6) is 0 Å². The fourth-order valence-electron chi connectivity index (χ4n) is 6.72. The van der Waals surface area contributed by atoms with Crippen molar-refractivity contribution in [3.63, 3.8) is 0 Å². The van der Waals surface area contributed by atoms with E-state index in [1.807, 2.05) is 69.8 Å². The number of piperazine rings is 1. The molecule has 2 aromatic heterocycles. The average Bonchev–Trinajstić information content (AvgIpc) is 3.03. The number of carbonyl (C=O) groups is 1. The number of anilines is 3. The van der Waals surface area contributed by atoms with E-state index in [2.05, 4.69) is 16.5 Å². The summed E-state index contributed by atoms with van der Waals surface area (Å²) in [4.78, 5) is 44.0. The van der Waals surface area contributed by atoms with E-state index in [-0.39, 0.29) is 46.6 Å².